The van der Waals surface area contributed by atoms with E-state index in [-0.39, 0.29) is 24.4 Å². The van der Waals surface area contributed by atoms with E-state index < -0.39 is 4.92 Å². The molecule has 0 amide bonds. The molecule has 110 valence electrons. The molecule has 0 fully saturated rings. The van der Waals surface area contributed by atoms with Crippen LogP contribution in [0, 0.1) is 17.0 Å². The zero-order valence-corrected chi connectivity index (χ0v) is 11.3. The van der Waals surface area contributed by atoms with Crippen molar-refractivity contribution >= 4 is 11.9 Å². The van der Waals surface area contributed by atoms with Crippen LogP contribution < -0.4 is 5.56 Å². The van der Waals surface area contributed by atoms with Crippen molar-refractivity contribution in [1.29, 1.82) is 0 Å². The van der Waals surface area contributed by atoms with E-state index in [1.165, 1.54) is 35.2 Å². The lowest BCUT2D eigenvalue weighted by Gasteiger charge is -2.00. The van der Waals surface area contributed by atoms with Gasteiger partial charge in [-0.1, -0.05) is 0 Å². The lowest BCUT2D eigenvalue weighted by molar-refractivity contribution is -0.384. The second-order valence-corrected chi connectivity index (χ2v) is 4.32. The predicted molar refractivity (Wildman–Crippen MR) is 77.3 cm³/mol. The Morgan fingerprint density at radius 1 is 1.43 bits per heavy atom. The minimum atomic E-state index is -0.501. The number of nitrogens with one attached hydrogen (secondary N) is 1. The number of rotatable bonds is 5. The molecule has 8 heteroatoms. The number of aryl methyl sites for hydroxylation is 1. The summed E-state index contributed by atoms with van der Waals surface area (Å²) in [5.74, 6) is 0. The maximum atomic E-state index is 12.2. The number of H-pyrrole nitrogens is 1. The minimum absolute atomic E-state index is 0.0418. The third-order valence-electron chi connectivity index (χ3n) is 2.89. The third kappa shape index (κ3) is 3.06. The van der Waals surface area contributed by atoms with Gasteiger partial charge in [-0.25, -0.2) is 4.68 Å². The van der Waals surface area contributed by atoms with Gasteiger partial charge in [-0.15, -0.1) is 0 Å². The molecular weight excluding hydrogens is 276 g/mol. The number of aliphatic hydroxyl groups is 1. The van der Waals surface area contributed by atoms with Crippen LogP contribution in [0.5, 0.6) is 0 Å². The first kappa shape index (κ1) is 14.7. The van der Waals surface area contributed by atoms with Gasteiger partial charge in [0.05, 0.1) is 29.3 Å². The Hall–Kier alpha value is -2.74. The standard InChI is InChI=1S/C13H14N4O4/c1-9-12(8-14-6-7-18)13(19)16(15-9)10-2-4-11(5-3-10)17(20)21/h2-5,8,15,18H,6-7H2,1H3. The lowest BCUT2D eigenvalue weighted by Crippen LogP contribution is -2.17. The molecule has 0 unspecified atom stereocenters. The van der Waals surface area contributed by atoms with Crippen LogP contribution in [0.15, 0.2) is 34.1 Å². The van der Waals surface area contributed by atoms with E-state index in [9.17, 15) is 14.9 Å². The van der Waals surface area contributed by atoms with Gasteiger partial charge >= 0.3 is 0 Å². The summed E-state index contributed by atoms with van der Waals surface area (Å²) in [5.41, 5.74) is 1.17. The van der Waals surface area contributed by atoms with E-state index in [0.717, 1.165) is 0 Å². The average Bonchev–Trinajstić information content (AvgIpc) is 2.75. The number of benzene rings is 1. The van der Waals surface area contributed by atoms with Crippen molar-refractivity contribution in [2.24, 2.45) is 4.99 Å². The molecule has 0 spiro atoms. The minimum Gasteiger partial charge on any atom is -0.394 e. The van der Waals surface area contributed by atoms with Crippen molar-refractivity contribution in [3.05, 3.63) is 56.0 Å². The summed E-state index contributed by atoms with van der Waals surface area (Å²) in [6, 6.07) is 5.64. The number of aliphatic hydroxyl groups excluding tert-OH is 1. The highest BCUT2D eigenvalue weighted by atomic mass is 16.6. The van der Waals surface area contributed by atoms with Gasteiger partial charge in [0.1, 0.15) is 0 Å². The SMILES string of the molecule is Cc1[nH]n(-c2ccc([N+](=O)[O-])cc2)c(=O)c1C=NCCO. The number of aromatic nitrogens is 2. The van der Waals surface area contributed by atoms with Gasteiger partial charge in [0.2, 0.25) is 0 Å². The van der Waals surface area contributed by atoms with E-state index in [2.05, 4.69) is 10.1 Å². The van der Waals surface area contributed by atoms with E-state index in [0.29, 0.717) is 16.9 Å². The average molecular weight is 290 g/mol. The summed E-state index contributed by atoms with van der Waals surface area (Å²) in [6.45, 7) is 1.86. The van der Waals surface area contributed by atoms with Crippen LogP contribution in [0.2, 0.25) is 0 Å². The van der Waals surface area contributed by atoms with Crippen LogP contribution in [-0.4, -0.2) is 39.2 Å². The van der Waals surface area contributed by atoms with Crippen molar-refractivity contribution in [3.63, 3.8) is 0 Å². The fourth-order valence-corrected chi connectivity index (χ4v) is 1.83. The maximum absolute atomic E-state index is 12.2. The Morgan fingerprint density at radius 3 is 2.67 bits per heavy atom. The molecule has 1 heterocycles. The van der Waals surface area contributed by atoms with Crippen LogP contribution in [0.25, 0.3) is 5.69 Å². The number of nitrogens with zero attached hydrogens (tertiary/aromatic N) is 3. The van der Waals surface area contributed by atoms with Crippen molar-refractivity contribution < 1.29 is 10.0 Å². The van der Waals surface area contributed by atoms with Crippen LogP contribution >= 0.6 is 0 Å². The first-order valence-corrected chi connectivity index (χ1v) is 6.21. The van der Waals surface area contributed by atoms with Crippen molar-refractivity contribution in [1.82, 2.24) is 9.78 Å². The molecule has 0 saturated heterocycles. The Bertz CT molecular complexity index is 728. The Labute approximate surface area is 119 Å². The quantitative estimate of drug-likeness (QED) is 0.481. The van der Waals surface area contributed by atoms with Gasteiger partial charge in [0.25, 0.3) is 11.2 Å². The molecule has 0 aliphatic carbocycles. The third-order valence-corrected chi connectivity index (χ3v) is 2.89. The number of aromatic amines is 1. The van der Waals surface area contributed by atoms with Gasteiger partial charge in [-0.05, 0) is 19.1 Å². The largest absolute Gasteiger partial charge is 0.394 e. The number of hydrogen-bond donors (Lipinski definition) is 2. The molecule has 0 atom stereocenters. The number of aliphatic imine (C=N–C) groups is 1. The topological polar surface area (TPSA) is 114 Å². The van der Waals surface area contributed by atoms with Gasteiger partial charge in [0, 0.05) is 24.0 Å². The van der Waals surface area contributed by atoms with E-state index in [1.807, 2.05) is 0 Å². The zero-order valence-electron chi connectivity index (χ0n) is 11.3. The summed E-state index contributed by atoms with van der Waals surface area (Å²) >= 11 is 0. The van der Waals surface area contributed by atoms with Crippen molar-refractivity contribution in [2.75, 3.05) is 13.2 Å². The molecular formula is C13H14N4O4. The van der Waals surface area contributed by atoms with Gasteiger partial charge in [0.15, 0.2) is 0 Å². The second-order valence-electron chi connectivity index (χ2n) is 4.32. The molecule has 0 aliphatic heterocycles. The molecule has 1 aromatic heterocycles. The summed E-state index contributed by atoms with van der Waals surface area (Å²) in [4.78, 5) is 26.3. The Kier molecular flexibility index (Phi) is 4.29. The molecule has 2 rings (SSSR count). The molecule has 8 nitrogen and oxygen atoms in total. The molecule has 0 radical (unpaired) electrons. The van der Waals surface area contributed by atoms with Gasteiger partial charge < -0.3 is 5.11 Å². The summed E-state index contributed by atoms with van der Waals surface area (Å²) in [7, 11) is 0. The summed E-state index contributed by atoms with van der Waals surface area (Å²) < 4.78 is 1.29. The second kappa shape index (κ2) is 6.14. The summed E-state index contributed by atoms with van der Waals surface area (Å²) in [5, 5.41) is 22.2. The molecule has 2 aromatic rings. The fraction of sp³-hybridized carbons (Fsp3) is 0.231. The first-order valence-electron chi connectivity index (χ1n) is 6.21. The number of nitro benzene ring substituents is 1. The fourth-order valence-electron chi connectivity index (χ4n) is 1.83. The van der Waals surface area contributed by atoms with Crippen LogP contribution in [0.3, 0.4) is 0 Å². The highest BCUT2D eigenvalue weighted by Crippen LogP contribution is 2.14. The Morgan fingerprint density at radius 2 is 2.10 bits per heavy atom. The molecule has 0 saturated carbocycles. The smallest absolute Gasteiger partial charge is 0.280 e. The normalized spacial score (nSPS) is 11.1. The van der Waals surface area contributed by atoms with Gasteiger partial charge in [-0.2, -0.15) is 0 Å². The predicted octanol–water partition coefficient (Wildman–Crippen LogP) is 0.793. The molecule has 2 N–H and O–H groups in total. The molecule has 21 heavy (non-hydrogen) atoms. The van der Waals surface area contributed by atoms with Crippen LogP contribution in [0.1, 0.15) is 11.3 Å². The zero-order chi connectivity index (χ0) is 15.4. The molecule has 0 bridgehead atoms. The first-order chi connectivity index (χ1) is 10.0. The Balaban J connectivity index is 2.39. The monoisotopic (exact) mass is 290 g/mol. The maximum Gasteiger partial charge on any atom is 0.280 e. The highest BCUT2D eigenvalue weighted by Gasteiger charge is 2.12. The lowest BCUT2D eigenvalue weighted by atomic mass is 10.2. The molecule has 0 aliphatic rings. The van der Waals surface area contributed by atoms with E-state index in [1.54, 1.807) is 6.92 Å². The van der Waals surface area contributed by atoms with Crippen molar-refractivity contribution in [2.45, 2.75) is 6.92 Å². The number of nitro groups is 1. The molecule has 1 aromatic carbocycles. The van der Waals surface area contributed by atoms with Crippen LogP contribution in [-0.2, 0) is 0 Å². The number of hydrogen-bond acceptors (Lipinski definition) is 5. The van der Waals surface area contributed by atoms with E-state index >= 15 is 0 Å². The van der Waals surface area contributed by atoms with Crippen molar-refractivity contribution in [3.8, 4) is 5.69 Å². The van der Waals surface area contributed by atoms with E-state index in [4.69, 9.17) is 5.11 Å². The highest BCUT2D eigenvalue weighted by molar-refractivity contribution is 5.80. The van der Waals surface area contributed by atoms with Gasteiger partial charge in [-0.3, -0.25) is 25.0 Å². The summed E-state index contributed by atoms with van der Waals surface area (Å²) in [6.07, 6.45) is 1.41. The number of non-ortho nitro benzene ring substituents is 1. The van der Waals surface area contributed by atoms with Crippen LogP contribution in [0.4, 0.5) is 5.69 Å².